The third kappa shape index (κ3) is 5.32. The highest BCUT2D eigenvalue weighted by atomic mass is 16.5. The van der Waals surface area contributed by atoms with Crippen LogP contribution in [0.5, 0.6) is 5.75 Å². The van der Waals surface area contributed by atoms with Gasteiger partial charge in [-0.1, -0.05) is 25.1 Å². The predicted molar refractivity (Wildman–Crippen MR) is 104 cm³/mol. The van der Waals surface area contributed by atoms with Crippen molar-refractivity contribution in [2.45, 2.75) is 53.2 Å². The van der Waals surface area contributed by atoms with Crippen LogP contribution >= 0.6 is 0 Å². The zero-order chi connectivity index (χ0) is 19.8. The highest BCUT2D eigenvalue weighted by Crippen LogP contribution is 2.21. The second kappa shape index (κ2) is 10.1. The third-order valence-corrected chi connectivity index (χ3v) is 4.83. The quantitative estimate of drug-likeness (QED) is 0.625. The van der Waals surface area contributed by atoms with Crippen LogP contribution in [0.2, 0.25) is 0 Å². The second-order valence-electron chi connectivity index (χ2n) is 6.58. The van der Waals surface area contributed by atoms with Crippen LogP contribution in [0, 0.1) is 13.8 Å². The van der Waals surface area contributed by atoms with E-state index in [0.29, 0.717) is 31.1 Å². The van der Waals surface area contributed by atoms with Crippen molar-refractivity contribution < 1.29 is 18.8 Å². The van der Waals surface area contributed by atoms with Crippen LogP contribution in [-0.4, -0.2) is 42.3 Å². The number of methoxy groups -OCH3 is 1. The van der Waals surface area contributed by atoms with E-state index in [1.54, 1.807) is 13.2 Å². The maximum absolute atomic E-state index is 13.1. The van der Waals surface area contributed by atoms with Crippen LogP contribution in [0.4, 0.5) is 0 Å². The van der Waals surface area contributed by atoms with Crippen molar-refractivity contribution in [1.29, 1.82) is 0 Å². The molecule has 0 unspecified atom stereocenters. The molecule has 0 bridgehead atoms. The van der Waals surface area contributed by atoms with Crippen LogP contribution < -0.4 is 4.74 Å². The monoisotopic (exact) mass is 374 g/mol. The van der Waals surface area contributed by atoms with E-state index in [-0.39, 0.29) is 11.9 Å². The average molecular weight is 374 g/mol. The van der Waals surface area contributed by atoms with Crippen molar-refractivity contribution in [2.75, 3.05) is 20.3 Å². The summed E-state index contributed by atoms with van der Waals surface area (Å²) in [6.07, 6.45) is 1.82. The molecule has 27 heavy (non-hydrogen) atoms. The van der Waals surface area contributed by atoms with Gasteiger partial charge in [0.05, 0.1) is 17.9 Å². The number of hydrogen-bond donors (Lipinski definition) is 0. The molecule has 0 radical (unpaired) electrons. The molecule has 0 aliphatic carbocycles. The summed E-state index contributed by atoms with van der Waals surface area (Å²) in [7, 11) is 1.65. The number of rotatable bonds is 10. The predicted octanol–water partition coefficient (Wildman–Crippen LogP) is 4.15. The summed E-state index contributed by atoms with van der Waals surface area (Å²) in [5.41, 5.74) is 2.37. The van der Waals surface area contributed by atoms with Crippen molar-refractivity contribution in [1.82, 2.24) is 10.1 Å². The zero-order valence-corrected chi connectivity index (χ0v) is 16.9. The number of nitrogens with zero attached hydrogens (tertiary/aromatic N) is 2. The maximum Gasteiger partial charge on any atom is 0.254 e. The molecule has 1 heterocycles. The Morgan fingerprint density at radius 1 is 1.26 bits per heavy atom. The smallest absolute Gasteiger partial charge is 0.254 e. The van der Waals surface area contributed by atoms with E-state index in [1.165, 1.54) is 0 Å². The summed E-state index contributed by atoms with van der Waals surface area (Å²) in [5.74, 6) is 1.40. The van der Waals surface area contributed by atoms with Crippen molar-refractivity contribution in [3.63, 3.8) is 0 Å². The van der Waals surface area contributed by atoms with Crippen LogP contribution in [-0.2, 0) is 11.3 Å². The van der Waals surface area contributed by atoms with Crippen LogP contribution in [0.15, 0.2) is 28.8 Å². The highest BCUT2D eigenvalue weighted by Gasteiger charge is 2.22. The first-order chi connectivity index (χ1) is 13.0. The van der Waals surface area contributed by atoms with Gasteiger partial charge in [0.1, 0.15) is 18.1 Å². The first-order valence-corrected chi connectivity index (χ1v) is 9.46. The Bertz CT molecular complexity index is 718. The minimum atomic E-state index is 0.00328. The molecule has 148 valence electrons. The molecule has 6 nitrogen and oxygen atoms in total. The second-order valence-corrected chi connectivity index (χ2v) is 6.58. The van der Waals surface area contributed by atoms with E-state index in [0.717, 1.165) is 29.9 Å². The van der Waals surface area contributed by atoms with Gasteiger partial charge in [0.25, 0.3) is 5.91 Å². The number of carbonyl (C=O) groups is 1. The van der Waals surface area contributed by atoms with Crippen molar-refractivity contribution in [3.05, 3.63) is 46.8 Å². The van der Waals surface area contributed by atoms with Gasteiger partial charge >= 0.3 is 0 Å². The lowest BCUT2D eigenvalue weighted by molar-refractivity contribution is 0.0589. The molecule has 0 saturated carbocycles. The Labute approximate surface area is 161 Å². The first kappa shape index (κ1) is 21.0. The number of benzene rings is 1. The van der Waals surface area contributed by atoms with Gasteiger partial charge in [-0.15, -0.1) is 0 Å². The number of aromatic nitrogens is 1. The Hall–Kier alpha value is -2.34. The van der Waals surface area contributed by atoms with Crippen LogP contribution in [0.1, 0.15) is 54.1 Å². The molecule has 0 atom stereocenters. The standard InChI is InChI=1S/C21H30N2O4/c1-6-18(7-2)23(11-12-25-5)21(24)17-9-8-10-19(13-17)26-14-20-15(3)22-27-16(20)4/h8-10,13,18H,6-7,11-12,14H2,1-5H3. The molecule has 0 saturated heterocycles. The van der Waals surface area contributed by atoms with E-state index >= 15 is 0 Å². The van der Waals surface area contributed by atoms with E-state index < -0.39 is 0 Å². The van der Waals surface area contributed by atoms with Gasteiger partial charge in [0.15, 0.2) is 0 Å². The number of aryl methyl sites for hydroxylation is 2. The average Bonchev–Trinajstić information content (AvgIpc) is 3.01. The summed E-state index contributed by atoms with van der Waals surface area (Å²) >= 11 is 0. The molecular weight excluding hydrogens is 344 g/mol. The van der Waals surface area contributed by atoms with E-state index in [9.17, 15) is 4.79 Å². The lowest BCUT2D eigenvalue weighted by atomic mass is 10.1. The minimum Gasteiger partial charge on any atom is -0.489 e. The lowest BCUT2D eigenvalue weighted by Gasteiger charge is -2.30. The van der Waals surface area contributed by atoms with E-state index in [2.05, 4.69) is 19.0 Å². The van der Waals surface area contributed by atoms with Gasteiger partial charge in [-0.25, -0.2) is 0 Å². The fourth-order valence-electron chi connectivity index (χ4n) is 3.12. The lowest BCUT2D eigenvalue weighted by Crippen LogP contribution is -2.41. The first-order valence-electron chi connectivity index (χ1n) is 9.46. The van der Waals surface area contributed by atoms with Gasteiger partial charge in [-0.3, -0.25) is 4.79 Å². The van der Waals surface area contributed by atoms with Gasteiger partial charge in [0, 0.05) is 25.3 Å². The Balaban J connectivity index is 2.14. The number of amides is 1. The molecule has 6 heteroatoms. The number of ether oxygens (including phenoxy) is 2. The van der Waals surface area contributed by atoms with Gasteiger partial charge in [-0.05, 0) is 44.9 Å². The molecule has 0 fully saturated rings. The molecular formula is C21H30N2O4. The molecule has 1 aromatic heterocycles. The van der Waals surface area contributed by atoms with E-state index in [4.69, 9.17) is 14.0 Å². The topological polar surface area (TPSA) is 64.8 Å². The molecule has 0 spiro atoms. The van der Waals surface area contributed by atoms with Crippen LogP contribution in [0.25, 0.3) is 0 Å². The fourth-order valence-corrected chi connectivity index (χ4v) is 3.12. The summed E-state index contributed by atoms with van der Waals surface area (Å²) < 4.78 is 16.2. The summed E-state index contributed by atoms with van der Waals surface area (Å²) in [6.45, 7) is 9.41. The molecule has 2 rings (SSSR count). The van der Waals surface area contributed by atoms with Gasteiger partial charge < -0.3 is 18.9 Å². The number of carbonyl (C=O) groups excluding carboxylic acids is 1. The summed E-state index contributed by atoms with van der Waals surface area (Å²) in [4.78, 5) is 15.0. The Kier molecular flexibility index (Phi) is 7.85. The van der Waals surface area contributed by atoms with Crippen molar-refractivity contribution in [2.24, 2.45) is 0 Å². The molecule has 2 aromatic rings. The van der Waals surface area contributed by atoms with Gasteiger partial charge in [-0.2, -0.15) is 0 Å². The van der Waals surface area contributed by atoms with E-state index in [1.807, 2.05) is 36.9 Å². The summed E-state index contributed by atoms with van der Waals surface area (Å²) in [6, 6.07) is 7.51. The normalized spacial score (nSPS) is 11.0. The SMILES string of the molecule is CCC(CC)N(CCOC)C(=O)c1cccc(OCc2c(C)noc2C)c1. The fraction of sp³-hybridized carbons (Fsp3) is 0.524. The third-order valence-electron chi connectivity index (χ3n) is 4.83. The minimum absolute atomic E-state index is 0.00328. The van der Waals surface area contributed by atoms with Crippen LogP contribution in [0.3, 0.4) is 0 Å². The molecule has 1 amide bonds. The van der Waals surface area contributed by atoms with Gasteiger partial charge in [0.2, 0.25) is 0 Å². The Morgan fingerprint density at radius 2 is 2.00 bits per heavy atom. The molecule has 0 N–H and O–H groups in total. The zero-order valence-electron chi connectivity index (χ0n) is 16.9. The van der Waals surface area contributed by atoms with Crippen molar-refractivity contribution >= 4 is 5.91 Å². The molecule has 1 aromatic carbocycles. The highest BCUT2D eigenvalue weighted by molar-refractivity contribution is 5.94. The maximum atomic E-state index is 13.1. The largest absolute Gasteiger partial charge is 0.489 e. The summed E-state index contributed by atoms with van der Waals surface area (Å²) in [5, 5.41) is 3.94. The van der Waals surface area contributed by atoms with Crippen molar-refractivity contribution in [3.8, 4) is 5.75 Å². The number of hydrogen-bond acceptors (Lipinski definition) is 5. The Morgan fingerprint density at radius 3 is 2.59 bits per heavy atom. The molecule has 0 aliphatic heterocycles. The molecule has 0 aliphatic rings.